The van der Waals surface area contributed by atoms with Crippen LogP contribution in [0.25, 0.3) is 11.5 Å². The SMILES string of the molecule is COc1ccccc1-c1nnc(SCc2csc(COc3ccc(Cl)cc3)n2)o1. The molecule has 0 N–H and O–H groups in total. The van der Waals surface area contributed by atoms with Crippen LogP contribution in [0.15, 0.2) is 63.6 Å². The second-order valence-corrected chi connectivity index (χ2v) is 8.14. The van der Waals surface area contributed by atoms with Gasteiger partial charge in [-0.15, -0.1) is 21.5 Å². The predicted molar refractivity (Wildman–Crippen MR) is 114 cm³/mol. The molecule has 0 saturated carbocycles. The zero-order valence-corrected chi connectivity index (χ0v) is 17.8. The number of aromatic nitrogens is 3. The van der Waals surface area contributed by atoms with E-state index >= 15 is 0 Å². The molecule has 6 nitrogen and oxygen atoms in total. The van der Waals surface area contributed by atoms with Gasteiger partial charge in [0.05, 0.1) is 18.4 Å². The summed E-state index contributed by atoms with van der Waals surface area (Å²) in [4.78, 5) is 4.59. The van der Waals surface area contributed by atoms with Gasteiger partial charge in [-0.1, -0.05) is 35.5 Å². The summed E-state index contributed by atoms with van der Waals surface area (Å²) in [5.41, 5.74) is 1.70. The summed E-state index contributed by atoms with van der Waals surface area (Å²) in [5.74, 6) is 2.51. The van der Waals surface area contributed by atoms with Gasteiger partial charge in [0.2, 0.25) is 0 Å². The molecular formula is C20H16ClN3O3S2. The maximum absolute atomic E-state index is 5.88. The second-order valence-electron chi connectivity index (χ2n) is 5.84. The fraction of sp³-hybridized carbons (Fsp3) is 0.150. The zero-order valence-electron chi connectivity index (χ0n) is 15.4. The molecule has 0 radical (unpaired) electrons. The molecule has 0 saturated heterocycles. The molecule has 0 atom stereocenters. The van der Waals surface area contributed by atoms with Crippen LogP contribution < -0.4 is 9.47 Å². The van der Waals surface area contributed by atoms with Crippen LogP contribution in [0.3, 0.4) is 0 Å². The van der Waals surface area contributed by atoms with E-state index in [-0.39, 0.29) is 0 Å². The lowest BCUT2D eigenvalue weighted by molar-refractivity contribution is 0.305. The summed E-state index contributed by atoms with van der Waals surface area (Å²) in [5, 5.41) is 12.3. The van der Waals surface area contributed by atoms with Gasteiger partial charge in [0.15, 0.2) is 0 Å². The first-order chi connectivity index (χ1) is 14.2. The van der Waals surface area contributed by atoms with E-state index < -0.39 is 0 Å². The maximum atomic E-state index is 5.88. The van der Waals surface area contributed by atoms with Crippen molar-refractivity contribution in [2.45, 2.75) is 17.6 Å². The van der Waals surface area contributed by atoms with Crippen molar-refractivity contribution in [1.82, 2.24) is 15.2 Å². The lowest BCUT2D eigenvalue weighted by Crippen LogP contribution is -1.95. The molecule has 0 unspecified atom stereocenters. The number of methoxy groups -OCH3 is 1. The minimum absolute atomic E-state index is 0.412. The van der Waals surface area contributed by atoms with E-state index in [0.717, 1.165) is 22.0 Å². The summed E-state index contributed by atoms with van der Waals surface area (Å²) in [6.45, 7) is 0.412. The van der Waals surface area contributed by atoms with Crippen molar-refractivity contribution < 1.29 is 13.9 Å². The summed E-state index contributed by atoms with van der Waals surface area (Å²) in [6.07, 6.45) is 0. The Morgan fingerprint density at radius 2 is 1.93 bits per heavy atom. The van der Waals surface area contributed by atoms with Crippen molar-refractivity contribution in [2.75, 3.05) is 7.11 Å². The lowest BCUT2D eigenvalue weighted by atomic mass is 10.2. The third kappa shape index (κ3) is 5.09. The van der Waals surface area contributed by atoms with E-state index in [1.807, 2.05) is 41.8 Å². The molecule has 2 aromatic heterocycles. The zero-order chi connectivity index (χ0) is 20.1. The topological polar surface area (TPSA) is 70.3 Å². The smallest absolute Gasteiger partial charge is 0.277 e. The van der Waals surface area contributed by atoms with Crippen LogP contribution in [0.5, 0.6) is 11.5 Å². The van der Waals surface area contributed by atoms with Crippen LogP contribution in [0.2, 0.25) is 5.02 Å². The molecule has 0 aliphatic carbocycles. The summed E-state index contributed by atoms with van der Waals surface area (Å²) < 4.78 is 16.8. The minimum Gasteiger partial charge on any atom is -0.496 e. The Morgan fingerprint density at radius 1 is 1.10 bits per heavy atom. The predicted octanol–water partition coefficient (Wildman–Crippen LogP) is 5.73. The third-order valence-electron chi connectivity index (χ3n) is 3.86. The molecule has 4 rings (SSSR count). The standard InChI is InChI=1S/C20H16ClN3O3S2/c1-25-17-5-3-2-4-16(17)19-23-24-20(27-19)29-12-14-11-28-18(22-14)10-26-15-8-6-13(21)7-9-15/h2-9,11H,10,12H2,1H3. The van der Waals surface area contributed by atoms with Crippen molar-refractivity contribution >= 4 is 34.7 Å². The first kappa shape index (κ1) is 19.8. The largest absolute Gasteiger partial charge is 0.496 e. The number of rotatable bonds is 8. The number of nitrogens with zero attached hydrogens (tertiary/aromatic N) is 3. The number of benzene rings is 2. The highest BCUT2D eigenvalue weighted by Gasteiger charge is 2.14. The molecule has 148 valence electrons. The van der Waals surface area contributed by atoms with Gasteiger partial charge in [0.1, 0.15) is 23.1 Å². The first-order valence-corrected chi connectivity index (χ1v) is 10.9. The number of hydrogen-bond acceptors (Lipinski definition) is 8. The van der Waals surface area contributed by atoms with Crippen LogP contribution in [0, 0.1) is 0 Å². The molecule has 29 heavy (non-hydrogen) atoms. The van der Waals surface area contributed by atoms with E-state index in [1.54, 1.807) is 30.6 Å². The van der Waals surface area contributed by atoms with Gasteiger partial charge in [0, 0.05) is 16.2 Å². The Morgan fingerprint density at radius 3 is 2.76 bits per heavy atom. The van der Waals surface area contributed by atoms with Gasteiger partial charge in [-0.3, -0.25) is 0 Å². The Kier molecular flexibility index (Phi) is 6.33. The summed E-state index contributed by atoms with van der Waals surface area (Å²) in [7, 11) is 1.61. The molecule has 0 amide bonds. The monoisotopic (exact) mass is 445 g/mol. The van der Waals surface area contributed by atoms with E-state index in [4.69, 9.17) is 25.5 Å². The van der Waals surface area contributed by atoms with Crippen molar-refractivity contribution in [3.05, 3.63) is 69.6 Å². The lowest BCUT2D eigenvalue weighted by Gasteiger charge is -2.03. The van der Waals surface area contributed by atoms with Crippen LogP contribution in [0.1, 0.15) is 10.7 Å². The van der Waals surface area contributed by atoms with Gasteiger partial charge in [-0.05, 0) is 36.4 Å². The van der Waals surface area contributed by atoms with E-state index in [0.29, 0.717) is 34.2 Å². The summed E-state index contributed by atoms with van der Waals surface area (Å²) in [6, 6.07) is 14.8. The van der Waals surface area contributed by atoms with E-state index in [9.17, 15) is 0 Å². The number of thioether (sulfide) groups is 1. The van der Waals surface area contributed by atoms with Gasteiger partial charge in [0.25, 0.3) is 11.1 Å². The Labute approximate surface area is 180 Å². The highest BCUT2D eigenvalue weighted by Crippen LogP contribution is 2.31. The molecule has 0 aliphatic rings. The molecule has 0 aliphatic heterocycles. The quantitative estimate of drug-likeness (QED) is 0.321. The van der Waals surface area contributed by atoms with Gasteiger partial charge in [-0.2, -0.15) is 0 Å². The second kappa shape index (κ2) is 9.30. The molecule has 9 heteroatoms. The van der Waals surface area contributed by atoms with Crippen LogP contribution in [-0.4, -0.2) is 22.3 Å². The van der Waals surface area contributed by atoms with Gasteiger partial charge in [-0.25, -0.2) is 4.98 Å². The van der Waals surface area contributed by atoms with Crippen molar-refractivity contribution in [3.63, 3.8) is 0 Å². The number of ether oxygens (including phenoxy) is 2. The normalized spacial score (nSPS) is 10.8. The fourth-order valence-corrected chi connectivity index (χ4v) is 4.08. The molecular weight excluding hydrogens is 430 g/mol. The molecule has 2 aromatic carbocycles. The third-order valence-corrected chi connectivity index (χ3v) is 5.84. The molecule has 2 heterocycles. The van der Waals surface area contributed by atoms with E-state index in [1.165, 1.54) is 11.8 Å². The number of halogens is 1. The Balaban J connectivity index is 1.33. The average molecular weight is 446 g/mol. The maximum Gasteiger partial charge on any atom is 0.277 e. The highest BCUT2D eigenvalue weighted by molar-refractivity contribution is 7.98. The Bertz CT molecular complexity index is 1080. The van der Waals surface area contributed by atoms with Gasteiger partial charge >= 0.3 is 0 Å². The molecule has 0 fully saturated rings. The van der Waals surface area contributed by atoms with Crippen LogP contribution in [0.4, 0.5) is 0 Å². The number of para-hydroxylation sites is 1. The minimum atomic E-state index is 0.412. The highest BCUT2D eigenvalue weighted by atomic mass is 35.5. The number of hydrogen-bond donors (Lipinski definition) is 0. The molecule has 0 spiro atoms. The van der Waals surface area contributed by atoms with Crippen molar-refractivity contribution in [2.24, 2.45) is 0 Å². The molecule has 0 bridgehead atoms. The van der Waals surface area contributed by atoms with Crippen molar-refractivity contribution in [1.29, 1.82) is 0 Å². The van der Waals surface area contributed by atoms with Crippen molar-refractivity contribution in [3.8, 4) is 23.0 Å². The summed E-state index contributed by atoms with van der Waals surface area (Å²) >= 11 is 8.87. The number of thiazole rings is 1. The Hall–Kier alpha value is -2.55. The van der Waals surface area contributed by atoms with E-state index in [2.05, 4.69) is 15.2 Å². The fourth-order valence-electron chi connectivity index (χ4n) is 2.49. The van der Waals surface area contributed by atoms with Crippen LogP contribution in [-0.2, 0) is 12.4 Å². The average Bonchev–Trinajstić information content (AvgIpc) is 3.41. The van der Waals surface area contributed by atoms with Crippen LogP contribution >= 0.6 is 34.7 Å². The molecule has 4 aromatic rings. The van der Waals surface area contributed by atoms with Gasteiger partial charge < -0.3 is 13.9 Å². The first-order valence-electron chi connectivity index (χ1n) is 8.62.